The van der Waals surface area contributed by atoms with Crippen molar-refractivity contribution in [2.24, 2.45) is 5.73 Å². The molecule has 0 radical (unpaired) electrons. The number of nitrogens with zero attached hydrogens (tertiary/aromatic N) is 1. The lowest BCUT2D eigenvalue weighted by molar-refractivity contribution is 0.224. The molecular weight excluding hydrogens is 212 g/mol. The highest BCUT2D eigenvalue weighted by atomic mass is 32.2. The predicted molar refractivity (Wildman–Crippen MR) is 62.6 cm³/mol. The smallest absolute Gasteiger partial charge is 0.151 e. The van der Waals surface area contributed by atoms with Gasteiger partial charge in [0, 0.05) is 18.3 Å². The fourth-order valence-electron chi connectivity index (χ4n) is 1.86. The molecule has 1 saturated heterocycles. The Labute approximate surface area is 92.7 Å². The second kappa shape index (κ2) is 5.82. The molecule has 0 aliphatic carbocycles. The number of nitrogens with two attached hydrogens (primary N) is 1. The molecule has 0 aromatic carbocycles. The molecule has 5 heteroatoms. The van der Waals surface area contributed by atoms with E-state index in [1.807, 2.05) is 6.92 Å². The lowest BCUT2D eigenvalue weighted by Crippen LogP contribution is -2.41. The summed E-state index contributed by atoms with van der Waals surface area (Å²) in [7, 11) is -2.82. The van der Waals surface area contributed by atoms with E-state index in [9.17, 15) is 8.42 Å². The van der Waals surface area contributed by atoms with E-state index in [0.29, 0.717) is 30.5 Å². The van der Waals surface area contributed by atoms with E-state index in [0.717, 1.165) is 25.9 Å². The molecule has 1 rings (SSSR count). The van der Waals surface area contributed by atoms with Crippen LogP contribution in [0.3, 0.4) is 0 Å². The molecule has 4 nitrogen and oxygen atoms in total. The Morgan fingerprint density at radius 1 is 1.27 bits per heavy atom. The van der Waals surface area contributed by atoms with E-state index in [2.05, 4.69) is 4.90 Å². The third-order valence-electron chi connectivity index (χ3n) is 2.87. The van der Waals surface area contributed by atoms with Gasteiger partial charge in [0.25, 0.3) is 0 Å². The monoisotopic (exact) mass is 234 g/mol. The van der Waals surface area contributed by atoms with Crippen LogP contribution < -0.4 is 5.73 Å². The maximum Gasteiger partial charge on any atom is 0.151 e. The van der Waals surface area contributed by atoms with E-state index in [-0.39, 0.29) is 0 Å². The summed E-state index contributed by atoms with van der Waals surface area (Å²) in [6.07, 6.45) is 2.70. The van der Waals surface area contributed by atoms with Crippen molar-refractivity contribution in [1.82, 2.24) is 4.90 Å². The number of sulfone groups is 1. The molecule has 0 amide bonds. The van der Waals surface area contributed by atoms with Crippen LogP contribution in [0.4, 0.5) is 0 Å². The molecule has 1 heterocycles. The molecule has 1 aliphatic rings. The zero-order valence-corrected chi connectivity index (χ0v) is 10.3. The minimum atomic E-state index is -2.82. The first-order valence-corrected chi connectivity index (χ1v) is 7.54. The molecule has 0 spiro atoms. The molecule has 1 aliphatic heterocycles. The quantitative estimate of drug-likeness (QED) is 0.740. The van der Waals surface area contributed by atoms with Gasteiger partial charge in [0.1, 0.15) is 0 Å². The van der Waals surface area contributed by atoms with E-state index < -0.39 is 9.84 Å². The minimum absolute atomic E-state index is 0.302. The molecule has 0 saturated carbocycles. The molecule has 2 N–H and O–H groups in total. The topological polar surface area (TPSA) is 63.4 Å². The average molecular weight is 234 g/mol. The molecule has 0 atom stereocenters. The third kappa shape index (κ3) is 4.95. The molecule has 1 fully saturated rings. The SMILES string of the molecule is CCCS(=O)(=O)CCN1CCC(N)CC1. The van der Waals surface area contributed by atoms with Crippen LogP contribution in [0, 0.1) is 0 Å². The summed E-state index contributed by atoms with van der Waals surface area (Å²) in [5.41, 5.74) is 5.78. The first kappa shape index (κ1) is 12.9. The van der Waals surface area contributed by atoms with Crippen LogP contribution in [0.1, 0.15) is 26.2 Å². The maximum absolute atomic E-state index is 11.5. The van der Waals surface area contributed by atoms with Gasteiger partial charge >= 0.3 is 0 Å². The van der Waals surface area contributed by atoms with Crippen LogP contribution in [-0.2, 0) is 9.84 Å². The van der Waals surface area contributed by atoms with Crippen LogP contribution in [-0.4, -0.2) is 50.5 Å². The van der Waals surface area contributed by atoms with Crippen molar-refractivity contribution < 1.29 is 8.42 Å². The van der Waals surface area contributed by atoms with Gasteiger partial charge in [-0.15, -0.1) is 0 Å². The van der Waals surface area contributed by atoms with Crippen molar-refractivity contribution in [2.75, 3.05) is 31.1 Å². The van der Waals surface area contributed by atoms with Crippen LogP contribution in [0.2, 0.25) is 0 Å². The summed E-state index contributed by atoms with van der Waals surface area (Å²) in [6, 6.07) is 0.313. The van der Waals surface area contributed by atoms with Gasteiger partial charge in [0.05, 0.1) is 5.75 Å². The zero-order valence-electron chi connectivity index (χ0n) is 9.48. The second-order valence-electron chi connectivity index (χ2n) is 4.33. The van der Waals surface area contributed by atoms with Crippen molar-refractivity contribution in [2.45, 2.75) is 32.2 Å². The van der Waals surface area contributed by atoms with E-state index in [4.69, 9.17) is 5.73 Å². The third-order valence-corrected chi connectivity index (χ3v) is 4.70. The van der Waals surface area contributed by atoms with Gasteiger partial charge in [-0.05, 0) is 32.4 Å². The van der Waals surface area contributed by atoms with Crippen molar-refractivity contribution in [3.8, 4) is 0 Å². The summed E-state index contributed by atoms with van der Waals surface area (Å²) < 4.78 is 23.0. The number of hydrogen-bond donors (Lipinski definition) is 1. The fourth-order valence-corrected chi connectivity index (χ4v) is 3.22. The van der Waals surface area contributed by atoms with Gasteiger partial charge in [-0.3, -0.25) is 0 Å². The molecule has 0 bridgehead atoms. The van der Waals surface area contributed by atoms with E-state index >= 15 is 0 Å². The Morgan fingerprint density at radius 2 is 1.87 bits per heavy atom. The van der Waals surface area contributed by atoms with Crippen molar-refractivity contribution in [1.29, 1.82) is 0 Å². The second-order valence-corrected chi connectivity index (χ2v) is 6.63. The number of hydrogen-bond acceptors (Lipinski definition) is 4. The zero-order chi connectivity index (χ0) is 11.3. The largest absolute Gasteiger partial charge is 0.328 e. The van der Waals surface area contributed by atoms with Crippen molar-refractivity contribution in [3.05, 3.63) is 0 Å². The highest BCUT2D eigenvalue weighted by Crippen LogP contribution is 2.08. The summed E-state index contributed by atoms with van der Waals surface area (Å²) in [4.78, 5) is 2.20. The Bertz CT molecular complexity index is 269. The summed E-state index contributed by atoms with van der Waals surface area (Å²) in [6.45, 7) is 4.47. The minimum Gasteiger partial charge on any atom is -0.328 e. The summed E-state index contributed by atoms with van der Waals surface area (Å²) >= 11 is 0. The number of piperidine rings is 1. The highest BCUT2D eigenvalue weighted by Gasteiger charge is 2.18. The van der Waals surface area contributed by atoms with Gasteiger partial charge in [-0.25, -0.2) is 8.42 Å². The van der Waals surface area contributed by atoms with E-state index in [1.54, 1.807) is 0 Å². The molecule has 15 heavy (non-hydrogen) atoms. The summed E-state index contributed by atoms with van der Waals surface area (Å²) in [5, 5.41) is 0. The van der Waals surface area contributed by atoms with Gasteiger partial charge in [0.2, 0.25) is 0 Å². The molecule has 0 unspecified atom stereocenters. The summed E-state index contributed by atoms with van der Waals surface area (Å²) in [5.74, 6) is 0.621. The van der Waals surface area contributed by atoms with Gasteiger partial charge < -0.3 is 10.6 Å². The molecular formula is C10H22N2O2S. The Morgan fingerprint density at radius 3 is 2.40 bits per heavy atom. The lowest BCUT2D eigenvalue weighted by Gasteiger charge is -2.29. The normalized spacial score (nSPS) is 20.7. The average Bonchev–Trinajstić information content (AvgIpc) is 2.17. The number of rotatable bonds is 5. The van der Waals surface area contributed by atoms with Crippen LogP contribution in [0.5, 0.6) is 0 Å². The Kier molecular flexibility index (Phi) is 5.02. The molecule has 0 aromatic rings. The van der Waals surface area contributed by atoms with Gasteiger partial charge in [-0.2, -0.15) is 0 Å². The fraction of sp³-hybridized carbons (Fsp3) is 1.00. The maximum atomic E-state index is 11.5. The predicted octanol–water partition coefficient (Wildman–Crippen LogP) is 0.234. The molecule has 90 valence electrons. The van der Waals surface area contributed by atoms with E-state index in [1.165, 1.54) is 0 Å². The van der Waals surface area contributed by atoms with Crippen molar-refractivity contribution in [3.63, 3.8) is 0 Å². The Hall–Kier alpha value is -0.130. The van der Waals surface area contributed by atoms with Gasteiger partial charge in [-0.1, -0.05) is 6.92 Å². The molecule has 0 aromatic heterocycles. The van der Waals surface area contributed by atoms with Crippen molar-refractivity contribution >= 4 is 9.84 Å². The first-order chi connectivity index (χ1) is 7.03. The number of likely N-dealkylation sites (tertiary alicyclic amines) is 1. The standard InChI is InChI=1S/C10H22N2O2S/c1-2-8-15(13,14)9-7-12-5-3-10(11)4-6-12/h10H,2-9,11H2,1H3. The van der Waals surface area contributed by atoms with Crippen LogP contribution in [0.25, 0.3) is 0 Å². The van der Waals surface area contributed by atoms with Gasteiger partial charge in [0.15, 0.2) is 9.84 Å². The lowest BCUT2D eigenvalue weighted by atomic mass is 10.1. The Balaban J connectivity index is 2.25. The van der Waals surface area contributed by atoms with Crippen LogP contribution in [0.15, 0.2) is 0 Å². The highest BCUT2D eigenvalue weighted by molar-refractivity contribution is 7.91. The first-order valence-electron chi connectivity index (χ1n) is 5.72. The van der Waals surface area contributed by atoms with Crippen LogP contribution >= 0.6 is 0 Å².